The summed E-state index contributed by atoms with van der Waals surface area (Å²) < 4.78 is 0. The molecule has 2 nitrogen and oxygen atoms in total. The summed E-state index contributed by atoms with van der Waals surface area (Å²) in [7, 11) is 0. The van der Waals surface area contributed by atoms with Crippen LogP contribution in [-0.2, 0) is 6.42 Å². The van der Waals surface area contributed by atoms with E-state index in [0.29, 0.717) is 6.04 Å². The van der Waals surface area contributed by atoms with Crippen LogP contribution >= 0.6 is 11.8 Å². The quantitative estimate of drug-likeness (QED) is 0.898. The number of rotatable bonds is 5. The van der Waals surface area contributed by atoms with E-state index in [-0.39, 0.29) is 0 Å². The molecule has 3 heteroatoms. The van der Waals surface area contributed by atoms with Gasteiger partial charge in [-0.15, -0.1) is 0 Å². The Balaban J connectivity index is 1.73. The van der Waals surface area contributed by atoms with Crippen molar-refractivity contribution in [3.63, 3.8) is 0 Å². The molecule has 2 N–H and O–H groups in total. The van der Waals surface area contributed by atoms with Crippen molar-refractivity contribution >= 4 is 11.8 Å². The second kappa shape index (κ2) is 7.32. The smallest absolute Gasteiger partial charge is 0.0171 e. The Morgan fingerprint density at radius 2 is 1.84 bits per heavy atom. The van der Waals surface area contributed by atoms with Crippen molar-refractivity contribution in [2.75, 3.05) is 19.6 Å². The lowest BCUT2D eigenvalue weighted by Crippen LogP contribution is -2.46. The number of hydrogen-bond donors (Lipinski definition) is 1. The minimum Gasteiger partial charge on any atom is -0.327 e. The van der Waals surface area contributed by atoms with Crippen LogP contribution < -0.4 is 5.73 Å². The van der Waals surface area contributed by atoms with Gasteiger partial charge >= 0.3 is 0 Å². The van der Waals surface area contributed by atoms with Gasteiger partial charge in [-0.3, -0.25) is 4.90 Å². The Morgan fingerprint density at radius 3 is 2.47 bits per heavy atom. The van der Waals surface area contributed by atoms with Crippen molar-refractivity contribution in [2.45, 2.75) is 43.2 Å². The Morgan fingerprint density at radius 1 is 1.21 bits per heavy atom. The molecule has 0 aromatic heterocycles. The van der Waals surface area contributed by atoms with E-state index in [1.807, 2.05) is 0 Å². The van der Waals surface area contributed by atoms with Crippen molar-refractivity contribution in [1.29, 1.82) is 0 Å². The number of nitrogens with two attached hydrogens (primary N) is 1. The van der Waals surface area contributed by atoms with Crippen LogP contribution in [0.5, 0.6) is 0 Å². The molecular formula is C16H26N2S. The lowest BCUT2D eigenvalue weighted by atomic mass is 10.1. The molecule has 0 aliphatic carbocycles. The number of benzene rings is 1. The summed E-state index contributed by atoms with van der Waals surface area (Å²) in [4.78, 5) is 2.54. The molecule has 1 aromatic rings. The van der Waals surface area contributed by atoms with Gasteiger partial charge in [0.2, 0.25) is 0 Å². The van der Waals surface area contributed by atoms with Gasteiger partial charge in [-0.25, -0.2) is 0 Å². The first-order valence-corrected chi connectivity index (χ1v) is 8.25. The first kappa shape index (κ1) is 14.9. The number of thioether (sulfide) groups is 1. The van der Waals surface area contributed by atoms with Gasteiger partial charge in [-0.1, -0.05) is 44.2 Å². The van der Waals surface area contributed by atoms with Crippen LogP contribution in [0, 0.1) is 0 Å². The average Bonchev–Trinajstić information content (AvgIpc) is 2.36. The maximum atomic E-state index is 6.29. The summed E-state index contributed by atoms with van der Waals surface area (Å²) >= 11 is 2.10. The summed E-state index contributed by atoms with van der Waals surface area (Å²) in [5.41, 5.74) is 7.69. The van der Waals surface area contributed by atoms with Crippen molar-refractivity contribution < 1.29 is 0 Å². The third-order valence-electron chi connectivity index (χ3n) is 3.63. The number of aryl methyl sites for hydroxylation is 1. The Kier molecular flexibility index (Phi) is 5.74. The molecule has 0 saturated carbocycles. The van der Waals surface area contributed by atoms with Gasteiger partial charge in [0.05, 0.1) is 0 Å². The molecule has 3 unspecified atom stereocenters. The first-order valence-electron chi connectivity index (χ1n) is 7.31. The monoisotopic (exact) mass is 278 g/mol. The highest BCUT2D eigenvalue weighted by molar-refractivity contribution is 8.00. The Labute approximate surface area is 121 Å². The van der Waals surface area contributed by atoms with Crippen molar-refractivity contribution in [3.8, 4) is 0 Å². The molecule has 1 saturated heterocycles. The molecule has 1 aliphatic heterocycles. The highest BCUT2D eigenvalue weighted by atomic mass is 32.2. The SMILES string of the molecule is CC1CN(CC(N)CCc2ccccc2)CC(C)S1. The summed E-state index contributed by atoms with van der Waals surface area (Å²) in [6.07, 6.45) is 2.17. The van der Waals surface area contributed by atoms with Crippen molar-refractivity contribution in [2.24, 2.45) is 5.73 Å². The van der Waals surface area contributed by atoms with Crippen LogP contribution in [0.15, 0.2) is 30.3 Å². The largest absolute Gasteiger partial charge is 0.327 e. The van der Waals surface area contributed by atoms with Gasteiger partial charge in [-0.2, -0.15) is 11.8 Å². The predicted octanol–water partition coefficient (Wildman–Crippen LogP) is 2.77. The molecule has 2 rings (SSSR count). The maximum Gasteiger partial charge on any atom is 0.0171 e. The van der Waals surface area contributed by atoms with Crippen LogP contribution in [0.4, 0.5) is 0 Å². The zero-order valence-electron chi connectivity index (χ0n) is 12.1. The molecule has 0 bridgehead atoms. The molecule has 1 heterocycles. The lowest BCUT2D eigenvalue weighted by Gasteiger charge is -2.36. The molecule has 1 fully saturated rings. The standard InChI is InChI=1S/C16H26N2S/c1-13-10-18(11-14(2)19-13)12-16(17)9-8-15-6-4-3-5-7-15/h3-7,13-14,16H,8-12,17H2,1-2H3. The van der Waals surface area contributed by atoms with Gasteiger partial charge in [0.25, 0.3) is 0 Å². The number of hydrogen-bond acceptors (Lipinski definition) is 3. The zero-order chi connectivity index (χ0) is 13.7. The fourth-order valence-corrected chi connectivity index (χ4v) is 4.24. The van der Waals surface area contributed by atoms with Crippen LogP contribution in [0.1, 0.15) is 25.8 Å². The van der Waals surface area contributed by atoms with Gasteiger partial charge < -0.3 is 5.73 Å². The Hall–Kier alpha value is -0.510. The van der Waals surface area contributed by atoms with Gasteiger partial charge in [0.15, 0.2) is 0 Å². The summed E-state index contributed by atoms with van der Waals surface area (Å²) in [5, 5.41) is 1.48. The van der Waals surface area contributed by atoms with Crippen LogP contribution in [0.25, 0.3) is 0 Å². The minimum atomic E-state index is 0.294. The van der Waals surface area contributed by atoms with Gasteiger partial charge in [0.1, 0.15) is 0 Å². The van der Waals surface area contributed by atoms with Crippen molar-refractivity contribution in [1.82, 2.24) is 4.90 Å². The molecule has 1 aromatic carbocycles. The highest BCUT2D eigenvalue weighted by Gasteiger charge is 2.23. The zero-order valence-corrected chi connectivity index (χ0v) is 12.9. The summed E-state index contributed by atoms with van der Waals surface area (Å²) in [5.74, 6) is 0. The van der Waals surface area contributed by atoms with E-state index in [2.05, 4.69) is 60.8 Å². The minimum absolute atomic E-state index is 0.294. The molecule has 19 heavy (non-hydrogen) atoms. The molecule has 0 amide bonds. The van der Waals surface area contributed by atoms with E-state index in [1.165, 1.54) is 18.7 Å². The normalized spacial score (nSPS) is 26.3. The van der Waals surface area contributed by atoms with Crippen LogP contribution in [-0.4, -0.2) is 41.1 Å². The molecular weight excluding hydrogens is 252 g/mol. The molecule has 106 valence electrons. The predicted molar refractivity (Wildman–Crippen MR) is 85.7 cm³/mol. The van der Waals surface area contributed by atoms with Gasteiger partial charge in [0, 0.05) is 36.2 Å². The van der Waals surface area contributed by atoms with E-state index in [4.69, 9.17) is 5.73 Å². The third kappa shape index (κ3) is 5.17. The molecule has 0 spiro atoms. The summed E-state index contributed by atoms with van der Waals surface area (Å²) in [6.45, 7) is 8.07. The topological polar surface area (TPSA) is 29.3 Å². The average molecular weight is 278 g/mol. The maximum absolute atomic E-state index is 6.29. The van der Waals surface area contributed by atoms with E-state index in [1.54, 1.807) is 0 Å². The number of nitrogens with zero attached hydrogens (tertiary/aromatic N) is 1. The van der Waals surface area contributed by atoms with E-state index < -0.39 is 0 Å². The van der Waals surface area contributed by atoms with E-state index in [0.717, 1.165) is 29.9 Å². The molecule has 1 aliphatic rings. The molecule has 3 atom stereocenters. The van der Waals surface area contributed by atoms with E-state index >= 15 is 0 Å². The van der Waals surface area contributed by atoms with Crippen LogP contribution in [0.2, 0.25) is 0 Å². The lowest BCUT2D eigenvalue weighted by molar-refractivity contribution is 0.250. The second-order valence-corrected chi connectivity index (χ2v) is 7.64. The fourth-order valence-electron chi connectivity index (χ4n) is 2.85. The second-order valence-electron chi connectivity index (χ2n) is 5.76. The van der Waals surface area contributed by atoms with Crippen molar-refractivity contribution in [3.05, 3.63) is 35.9 Å². The van der Waals surface area contributed by atoms with E-state index in [9.17, 15) is 0 Å². The Bertz CT molecular complexity index is 358. The first-order chi connectivity index (χ1) is 9.13. The molecule has 0 radical (unpaired) electrons. The fraction of sp³-hybridized carbons (Fsp3) is 0.625. The van der Waals surface area contributed by atoms with Crippen LogP contribution in [0.3, 0.4) is 0 Å². The van der Waals surface area contributed by atoms with Gasteiger partial charge in [-0.05, 0) is 18.4 Å². The third-order valence-corrected chi connectivity index (χ3v) is 4.86. The summed E-state index contributed by atoms with van der Waals surface area (Å²) in [6, 6.07) is 10.9. The highest BCUT2D eigenvalue weighted by Crippen LogP contribution is 2.24.